The van der Waals surface area contributed by atoms with Gasteiger partial charge in [0.2, 0.25) is 5.75 Å². The number of aryl methyl sites for hydroxylation is 2. The van der Waals surface area contributed by atoms with Gasteiger partial charge in [0.1, 0.15) is 11.3 Å². The molecule has 0 bridgehead atoms. The van der Waals surface area contributed by atoms with E-state index in [1.54, 1.807) is 26.8 Å². The molecule has 0 atom stereocenters. The Labute approximate surface area is 156 Å². The second-order valence-corrected chi connectivity index (χ2v) is 6.24. The van der Waals surface area contributed by atoms with Crippen molar-refractivity contribution in [3.63, 3.8) is 0 Å². The van der Waals surface area contributed by atoms with Gasteiger partial charge in [0.15, 0.2) is 0 Å². The van der Waals surface area contributed by atoms with E-state index in [2.05, 4.69) is 0 Å². The van der Waals surface area contributed by atoms with Gasteiger partial charge in [-0.2, -0.15) is 13.2 Å². The molecule has 0 aliphatic rings. The molecule has 6 nitrogen and oxygen atoms in total. The zero-order valence-electron chi connectivity index (χ0n) is 15.0. The first kappa shape index (κ1) is 19.4. The molecule has 2 aromatic carbocycles. The average Bonchev–Trinajstić information content (AvgIpc) is 2.62. The predicted octanol–water partition coefficient (Wildman–Crippen LogP) is 5.44. The van der Waals surface area contributed by atoms with Crippen LogP contribution in [0.2, 0.25) is 0 Å². The maximum atomic E-state index is 12.8. The fourth-order valence-corrected chi connectivity index (χ4v) is 2.78. The van der Waals surface area contributed by atoms with Crippen molar-refractivity contribution in [2.45, 2.75) is 26.9 Å². The van der Waals surface area contributed by atoms with Crippen LogP contribution in [0.3, 0.4) is 0 Å². The number of nitro benzene ring substituents is 1. The summed E-state index contributed by atoms with van der Waals surface area (Å²) in [5, 5.41) is 11.9. The lowest BCUT2D eigenvalue weighted by molar-refractivity contribution is -0.385. The van der Waals surface area contributed by atoms with Crippen molar-refractivity contribution in [3.05, 3.63) is 73.1 Å². The molecule has 3 aromatic rings. The molecule has 1 aromatic heterocycles. The number of hydrogen-bond donors (Lipinski definition) is 0. The Morgan fingerprint density at radius 2 is 1.64 bits per heavy atom. The summed E-state index contributed by atoms with van der Waals surface area (Å²) in [5.74, 6) is -0.228. The summed E-state index contributed by atoms with van der Waals surface area (Å²) in [6.45, 7) is 4.98. The Morgan fingerprint density at radius 3 is 2.25 bits per heavy atom. The number of halogens is 3. The van der Waals surface area contributed by atoms with E-state index < -0.39 is 28.0 Å². The quantitative estimate of drug-likeness (QED) is 0.336. The normalized spacial score (nSPS) is 11.6. The average molecular weight is 393 g/mol. The van der Waals surface area contributed by atoms with Crippen molar-refractivity contribution in [2.75, 3.05) is 0 Å². The molecule has 0 N–H and O–H groups in total. The van der Waals surface area contributed by atoms with Crippen LogP contribution in [0.5, 0.6) is 11.5 Å². The molecule has 28 heavy (non-hydrogen) atoms. The van der Waals surface area contributed by atoms with Crippen LogP contribution in [-0.2, 0) is 6.18 Å². The smallest absolute Gasteiger partial charge is 0.416 e. The molecule has 0 radical (unpaired) electrons. The number of rotatable bonds is 3. The van der Waals surface area contributed by atoms with Crippen LogP contribution in [0.4, 0.5) is 18.9 Å². The minimum absolute atomic E-state index is 0.127. The standard InChI is InChI=1S/C19H14F3NO5/c1-9-10(2)18(24)28-17-11(3)15(7-5-13(9)17)27-16-6-4-12(19(20,21)22)8-14(16)23(25)26/h4-8H,1-3H3. The van der Waals surface area contributed by atoms with E-state index in [1.807, 2.05) is 0 Å². The van der Waals surface area contributed by atoms with Crippen molar-refractivity contribution < 1.29 is 27.2 Å². The largest absolute Gasteiger partial charge is 0.450 e. The highest BCUT2D eigenvalue weighted by molar-refractivity contribution is 5.85. The topological polar surface area (TPSA) is 82.6 Å². The van der Waals surface area contributed by atoms with Crippen molar-refractivity contribution in [2.24, 2.45) is 0 Å². The van der Waals surface area contributed by atoms with Gasteiger partial charge in [0.05, 0.1) is 10.5 Å². The van der Waals surface area contributed by atoms with Crippen molar-refractivity contribution in [1.29, 1.82) is 0 Å². The van der Waals surface area contributed by atoms with E-state index in [9.17, 15) is 28.1 Å². The zero-order valence-corrected chi connectivity index (χ0v) is 15.0. The Balaban J connectivity index is 2.13. The number of fused-ring (bicyclic) bond motifs is 1. The van der Waals surface area contributed by atoms with E-state index >= 15 is 0 Å². The molecule has 0 unspecified atom stereocenters. The van der Waals surface area contributed by atoms with Crippen LogP contribution in [-0.4, -0.2) is 4.92 Å². The Bertz CT molecular complexity index is 1160. The third kappa shape index (κ3) is 3.30. The predicted molar refractivity (Wildman–Crippen MR) is 94.9 cm³/mol. The molecule has 0 aliphatic heterocycles. The van der Waals surface area contributed by atoms with Gasteiger partial charge >= 0.3 is 17.5 Å². The van der Waals surface area contributed by atoms with Crippen LogP contribution in [0.15, 0.2) is 39.5 Å². The van der Waals surface area contributed by atoms with E-state index in [0.29, 0.717) is 28.6 Å². The highest BCUT2D eigenvalue weighted by Crippen LogP contribution is 2.39. The lowest BCUT2D eigenvalue weighted by Gasteiger charge is -2.13. The maximum Gasteiger partial charge on any atom is 0.416 e. The highest BCUT2D eigenvalue weighted by Gasteiger charge is 2.33. The molecule has 0 aliphatic carbocycles. The second kappa shape index (κ2) is 6.66. The SMILES string of the molecule is Cc1c(C)c2ccc(Oc3ccc(C(F)(F)F)cc3[N+](=O)[O-])c(C)c2oc1=O. The fourth-order valence-electron chi connectivity index (χ4n) is 2.78. The molecule has 0 saturated carbocycles. The van der Waals surface area contributed by atoms with Gasteiger partial charge in [-0.15, -0.1) is 0 Å². The Kier molecular flexibility index (Phi) is 4.62. The third-order valence-corrected chi connectivity index (χ3v) is 4.53. The summed E-state index contributed by atoms with van der Waals surface area (Å²) < 4.78 is 49.3. The van der Waals surface area contributed by atoms with Crippen molar-refractivity contribution >= 4 is 16.7 Å². The molecule has 3 rings (SSSR count). The maximum absolute atomic E-state index is 12.8. The van der Waals surface area contributed by atoms with E-state index in [0.717, 1.165) is 11.6 Å². The summed E-state index contributed by atoms with van der Waals surface area (Å²) in [4.78, 5) is 22.2. The zero-order chi connectivity index (χ0) is 20.8. The number of ether oxygens (including phenoxy) is 1. The van der Waals surface area contributed by atoms with Gasteiger partial charge in [0.25, 0.3) is 0 Å². The summed E-state index contributed by atoms with van der Waals surface area (Å²) in [6, 6.07) is 5.15. The van der Waals surface area contributed by atoms with Gasteiger partial charge in [-0.1, -0.05) is 0 Å². The molecular weight excluding hydrogens is 379 g/mol. The van der Waals surface area contributed by atoms with Crippen LogP contribution >= 0.6 is 0 Å². The van der Waals surface area contributed by atoms with Gasteiger partial charge in [0, 0.05) is 22.6 Å². The van der Waals surface area contributed by atoms with Gasteiger partial charge < -0.3 is 9.15 Å². The van der Waals surface area contributed by atoms with E-state index in [1.165, 1.54) is 6.07 Å². The molecule has 9 heteroatoms. The van der Waals surface area contributed by atoms with Crippen LogP contribution < -0.4 is 10.4 Å². The first-order valence-electron chi connectivity index (χ1n) is 8.08. The summed E-state index contributed by atoms with van der Waals surface area (Å²) in [7, 11) is 0. The number of benzene rings is 2. The molecule has 146 valence electrons. The minimum Gasteiger partial charge on any atom is -0.450 e. The summed E-state index contributed by atoms with van der Waals surface area (Å²) in [6.07, 6.45) is -4.72. The Morgan fingerprint density at radius 1 is 1.00 bits per heavy atom. The van der Waals surface area contributed by atoms with Crippen LogP contribution in [0, 0.1) is 30.9 Å². The van der Waals surface area contributed by atoms with Gasteiger partial charge in [-0.05, 0) is 50.6 Å². The molecule has 0 amide bonds. The molecule has 0 saturated heterocycles. The second-order valence-electron chi connectivity index (χ2n) is 6.24. The first-order chi connectivity index (χ1) is 13.0. The van der Waals surface area contributed by atoms with E-state index in [-0.39, 0.29) is 17.1 Å². The minimum atomic E-state index is -4.72. The summed E-state index contributed by atoms with van der Waals surface area (Å²) in [5.41, 5.74) is -0.673. The molecule has 1 heterocycles. The first-order valence-corrected chi connectivity index (χ1v) is 8.08. The number of nitro groups is 1. The van der Waals surface area contributed by atoms with Crippen molar-refractivity contribution in [3.8, 4) is 11.5 Å². The molecular formula is C19H14F3NO5. The highest BCUT2D eigenvalue weighted by atomic mass is 19.4. The molecule has 0 spiro atoms. The lowest BCUT2D eigenvalue weighted by atomic mass is 10.0. The number of alkyl halides is 3. The molecule has 0 fully saturated rings. The Hall–Kier alpha value is -3.36. The summed E-state index contributed by atoms with van der Waals surface area (Å²) >= 11 is 0. The van der Waals surface area contributed by atoms with Crippen molar-refractivity contribution in [1.82, 2.24) is 0 Å². The number of nitrogens with zero attached hydrogens (tertiary/aromatic N) is 1. The fraction of sp³-hybridized carbons (Fsp3) is 0.211. The monoisotopic (exact) mass is 393 g/mol. The van der Waals surface area contributed by atoms with E-state index in [4.69, 9.17) is 9.15 Å². The van der Waals surface area contributed by atoms with Crippen LogP contribution in [0.1, 0.15) is 22.3 Å². The number of hydrogen-bond acceptors (Lipinski definition) is 5. The third-order valence-electron chi connectivity index (χ3n) is 4.53. The van der Waals surface area contributed by atoms with Gasteiger partial charge in [-0.3, -0.25) is 10.1 Å². The van der Waals surface area contributed by atoms with Gasteiger partial charge in [-0.25, -0.2) is 4.79 Å². The lowest BCUT2D eigenvalue weighted by Crippen LogP contribution is -2.07. The van der Waals surface area contributed by atoms with Crippen LogP contribution in [0.25, 0.3) is 11.0 Å².